The highest BCUT2D eigenvalue weighted by atomic mass is 19.4. The lowest BCUT2D eigenvalue weighted by Gasteiger charge is -2.27. The lowest BCUT2D eigenvalue weighted by Crippen LogP contribution is -2.58. The Kier molecular flexibility index (Phi) is 5.33. The number of ether oxygens (including phenoxy) is 1. The Morgan fingerprint density at radius 2 is 1.78 bits per heavy atom. The molecule has 1 rings (SSSR count). The number of halogens is 7. The van der Waals surface area contributed by atoms with Crippen molar-refractivity contribution in [2.75, 3.05) is 6.61 Å². The van der Waals surface area contributed by atoms with Gasteiger partial charge in [0.1, 0.15) is 0 Å². The van der Waals surface area contributed by atoms with Gasteiger partial charge in [0, 0.05) is 0 Å². The van der Waals surface area contributed by atoms with Crippen LogP contribution in [0.3, 0.4) is 0 Å². The first-order valence-corrected chi connectivity index (χ1v) is 6.00. The number of phenolic OH excluding ortho intramolecular Hbond substituents is 1. The third-order valence-electron chi connectivity index (χ3n) is 2.45. The fraction of sp³-hybridized carbons (Fsp3) is 0.417. The molecule has 11 heteroatoms. The first-order chi connectivity index (χ1) is 10.4. The number of nitrogens with zero attached hydrogens (tertiary/aromatic N) is 1. The van der Waals surface area contributed by atoms with Crippen LogP contribution >= 0.6 is 0 Å². The molecule has 0 saturated carbocycles. The van der Waals surface area contributed by atoms with E-state index in [0.29, 0.717) is 11.6 Å². The van der Waals surface area contributed by atoms with Crippen LogP contribution < -0.4 is 10.2 Å². The lowest BCUT2D eigenvalue weighted by atomic mass is 10.2. The lowest BCUT2D eigenvalue weighted by molar-refractivity contribution is -0.361. The van der Waals surface area contributed by atoms with E-state index in [0.717, 1.165) is 18.2 Å². The number of nitrogens with one attached hydrogen (secondary N) is 1. The topological polar surface area (TPSA) is 53.8 Å². The fourth-order valence-corrected chi connectivity index (χ4v) is 1.32. The van der Waals surface area contributed by atoms with Crippen LogP contribution in [0, 0.1) is 0 Å². The summed E-state index contributed by atoms with van der Waals surface area (Å²) in [6.45, 7) is 1.77. The van der Waals surface area contributed by atoms with E-state index in [1.165, 1.54) is 0 Å². The van der Waals surface area contributed by atoms with Crippen LogP contribution in [0.25, 0.3) is 0 Å². The molecule has 0 heterocycles. The molecule has 0 bridgehead atoms. The average molecular weight is 348 g/mol. The zero-order chi connectivity index (χ0) is 17.9. The smallest absolute Gasteiger partial charge is 0.462 e. The zero-order valence-electron chi connectivity index (χ0n) is 11.5. The number of phenols is 1. The Bertz CT molecular complexity index is 573. The van der Waals surface area contributed by atoms with E-state index in [1.54, 1.807) is 6.92 Å². The summed E-state index contributed by atoms with van der Waals surface area (Å²) in [6, 6.07) is -2.25. The maximum atomic E-state index is 12.9. The summed E-state index contributed by atoms with van der Waals surface area (Å²) in [5, 5.41) is 12.1. The van der Waals surface area contributed by atoms with Crippen LogP contribution in [-0.4, -0.2) is 36.1 Å². The van der Waals surface area contributed by atoms with Crippen molar-refractivity contribution >= 4 is 6.21 Å². The van der Waals surface area contributed by atoms with Crippen LogP contribution in [0.5, 0.6) is 11.5 Å². The molecular formula is C12H11F7N2O2. The minimum absolute atomic E-state index is 0.0184. The second-order valence-corrected chi connectivity index (χ2v) is 4.18. The molecule has 0 unspecified atom stereocenters. The van der Waals surface area contributed by atoms with Crippen molar-refractivity contribution < 1.29 is 40.6 Å². The molecule has 0 radical (unpaired) electrons. The van der Waals surface area contributed by atoms with Crippen molar-refractivity contribution in [3.63, 3.8) is 0 Å². The van der Waals surface area contributed by atoms with Gasteiger partial charge >= 0.3 is 18.1 Å². The predicted molar refractivity (Wildman–Crippen MR) is 66.0 cm³/mol. The molecule has 0 aliphatic rings. The number of aromatic hydroxyl groups is 1. The normalized spacial score (nSPS) is 13.4. The second kappa shape index (κ2) is 6.50. The number of alkyl halides is 7. The van der Waals surface area contributed by atoms with Gasteiger partial charge in [0.2, 0.25) is 0 Å². The van der Waals surface area contributed by atoms with Gasteiger partial charge < -0.3 is 9.84 Å². The van der Waals surface area contributed by atoms with Crippen LogP contribution in [0.4, 0.5) is 30.7 Å². The van der Waals surface area contributed by atoms with Gasteiger partial charge in [-0.25, -0.2) is 5.43 Å². The Labute approximate surface area is 125 Å². The van der Waals surface area contributed by atoms with E-state index < -0.39 is 18.1 Å². The number of hydrogen-bond donors (Lipinski definition) is 2. The molecule has 0 amide bonds. The van der Waals surface area contributed by atoms with Crippen molar-refractivity contribution in [2.24, 2.45) is 5.10 Å². The molecule has 0 atom stereocenters. The second-order valence-electron chi connectivity index (χ2n) is 4.18. The highest BCUT2D eigenvalue weighted by Gasteiger charge is 2.73. The standard InChI is InChI=1S/C12H11F7N2O2/c1-2-23-9-5-7(3-4-8(9)22)6-20-21-12(18,19)10(13,14)11(15,16)17/h3-6,21-22H,2H2,1H3/b20-6+. The van der Waals surface area contributed by atoms with Crippen molar-refractivity contribution in [1.29, 1.82) is 0 Å². The predicted octanol–water partition coefficient (Wildman–Crippen LogP) is 3.50. The summed E-state index contributed by atoms with van der Waals surface area (Å²) < 4.78 is 91.6. The Morgan fingerprint density at radius 1 is 1.17 bits per heavy atom. The molecule has 1 aromatic carbocycles. The summed E-state index contributed by atoms with van der Waals surface area (Å²) in [6.07, 6.45) is -5.87. The molecule has 130 valence electrons. The van der Waals surface area contributed by atoms with E-state index in [2.05, 4.69) is 5.10 Å². The number of hydrazone groups is 1. The van der Waals surface area contributed by atoms with Crippen LogP contribution in [0.2, 0.25) is 0 Å². The van der Waals surface area contributed by atoms with Crippen LogP contribution in [0.15, 0.2) is 23.3 Å². The number of rotatable bonds is 6. The van der Waals surface area contributed by atoms with Gasteiger partial charge in [-0.1, -0.05) is 0 Å². The monoisotopic (exact) mass is 348 g/mol. The first kappa shape index (κ1) is 18.8. The number of hydrogen-bond acceptors (Lipinski definition) is 4. The molecule has 0 aliphatic heterocycles. The maximum Gasteiger partial charge on any atom is 0.462 e. The van der Waals surface area contributed by atoms with Crippen molar-refractivity contribution in [3.05, 3.63) is 23.8 Å². The molecule has 0 saturated heterocycles. The summed E-state index contributed by atoms with van der Waals surface area (Å²) in [5.41, 5.74) is 0.502. The maximum absolute atomic E-state index is 12.9. The van der Waals surface area contributed by atoms with Crippen molar-refractivity contribution in [2.45, 2.75) is 25.1 Å². The molecular weight excluding hydrogens is 337 g/mol. The van der Waals surface area contributed by atoms with Gasteiger partial charge in [-0.2, -0.15) is 35.8 Å². The van der Waals surface area contributed by atoms with Gasteiger partial charge in [-0.15, -0.1) is 0 Å². The molecule has 23 heavy (non-hydrogen) atoms. The van der Waals surface area contributed by atoms with Gasteiger partial charge in [0.05, 0.1) is 12.8 Å². The Morgan fingerprint density at radius 3 is 2.30 bits per heavy atom. The Balaban J connectivity index is 2.89. The fourth-order valence-electron chi connectivity index (χ4n) is 1.32. The quantitative estimate of drug-likeness (QED) is 0.358. The van der Waals surface area contributed by atoms with Gasteiger partial charge in [-0.05, 0) is 30.7 Å². The Hall–Kier alpha value is -2.20. The highest BCUT2D eigenvalue weighted by molar-refractivity contribution is 5.80. The van der Waals surface area contributed by atoms with E-state index in [-0.39, 0.29) is 23.7 Å². The first-order valence-electron chi connectivity index (χ1n) is 6.00. The average Bonchev–Trinajstić information content (AvgIpc) is 2.41. The molecule has 0 aliphatic carbocycles. The van der Waals surface area contributed by atoms with Gasteiger partial charge in [-0.3, -0.25) is 0 Å². The molecule has 0 spiro atoms. The van der Waals surface area contributed by atoms with E-state index in [4.69, 9.17) is 4.74 Å². The summed E-state index contributed by atoms with van der Waals surface area (Å²) in [7, 11) is 0. The van der Waals surface area contributed by atoms with Gasteiger partial charge in [0.15, 0.2) is 11.5 Å². The zero-order valence-corrected chi connectivity index (χ0v) is 11.5. The SMILES string of the molecule is CCOc1cc(/C=N/NC(F)(F)C(F)(F)C(F)(F)F)ccc1O. The largest absolute Gasteiger partial charge is 0.504 e. The van der Waals surface area contributed by atoms with E-state index in [9.17, 15) is 35.8 Å². The summed E-state index contributed by atoms with van der Waals surface area (Å²) in [5.74, 6) is -6.61. The minimum atomic E-state index is -6.44. The molecule has 0 fully saturated rings. The van der Waals surface area contributed by atoms with Gasteiger partial charge in [0.25, 0.3) is 0 Å². The molecule has 1 aromatic rings. The third kappa shape index (κ3) is 4.17. The number of benzene rings is 1. The van der Waals surface area contributed by atoms with Crippen molar-refractivity contribution in [3.8, 4) is 11.5 Å². The molecule has 4 nitrogen and oxygen atoms in total. The summed E-state index contributed by atoms with van der Waals surface area (Å²) in [4.78, 5) is 0. The third-order valence-corrected chi connectivity index (χ3v) is 2.45. The van der Waals surface area contributed by atoms with E-state index in [1.807, 2.05) is 0 Å². The highest BCUT2D eigenvalue weighted by Crippen LogP contribution is 2.44. The van der Waals surface area contributed by atoms with E-state index >= 15 is 0 Å². The van der Waals surface area contributed by atoms with Crippen LogP contribution in [-0.2, 0) is 0 Å². The van der Waals surface area contributed by atoms with Crippen molar-refractivity contribution in [1.82, 2.24) is 5.43 Å². The molecule has 0 aromatic heterocycles. The minimum Gasteiger partial charge on any atom is -0.504 e. The summed E-state index contributed by atoms with van der Waals surface area (Å²) >= 11 is 0. The van der Waals surface area contributed by atoms with Crippen LogP contribution in [0.1, 0.15) is 12.5 Å². The molecule has 2 N–H and O–H groups in total.